The topological polar surface area (TPSA) is 69.4 Å². The summed E-state index contributed by atoms with van der Waals surface area (Å²) in [6.45, 7) is 1.77. The summed E-state index contributed by atoms with van der Waals surface area (Å²) in [6, 6.07) is 1.20. The summed E-state index contributed by atoms with van der Waals surface area (Å²) in [7, 11) is 0. The van der Waals surface area contributed by atoms with Crippen LogP contribution in [0.3, 0.4) is 0 Å². The van der Waals surface area contributed by atoms with Gasteiger partial charge in [0.1, 0.15) is 10.6 Å². The van der Waals surface area contributed by atoms with Crippen molar-refractivity contribution >= 4 is 27.6 Å². The highest BCUT2D eigenvalue weighted by molar-refractivity contribution is 9.10. The second-order valence-corrected chi connectivity index (χ2v) is 4.68. The summed E-state index contributed by atoms with van der Waals surface area (Å²) in [6.07, 6.45) is -0.175. The minimum atomic E-state index is -1.26. The number of carbonyl (C=O) groups is 1. The zero-order valence-corrected chi connectivity index (χ0v) is 11.4. The lowest BCUT2D eigenvalue weighted by atomic mass is 10.1. The van der Waals surface area contributed by atoms with Crippen molar-refractivity contribution in [3.8, 4) is 0 Å². The lowest BCUT2D eigenvalue weighted by molar-refractivity contribution is -0.387. The van der Waals surface area contributed by atoms with Gasteiger partial charge in [0.25, 0.3) is 0 Å². The number of nitrogens with zero attached hydrogens (tertiary/aromatic N) is 1. The number of rotatable bonds is 5. The Morgan fingerprint density at radius 2 is 2.11 bits per heavy atom. The Labute approximate surface area is 115 Å². The first-order valence-corrected chi connectivity index (χ1v) is 6.21. The summed E-state index contributed by atoms with van der Waals surface area (Å²) in [5, 5.41) is 10.5. The van der Waals surface area contributed by atoms with Crippen molar-refractivity contribution in [3.05, 3.63) is 39.4 Å². The first-order valence-electron chi connectivity index (χ1n) is 5.29. The average molecular weight is 338 g/mol. The highest BCUT2D eigenvalue weighted by Gasteiger charge is 2.23. The molecule has 0 heterocycles. The van der Waals surface area contributed by atoms with Crippen LogP contribution in [0, 0.1) is 21.7 Å². The molecule has 0 radical (unpaired) electrons. The third kappa shape index (κ3) is 3.95. The number of alkyl halides is 1. The molecule has 104 valence electrons. The lowest BCUT2D eigenvalue weighted by Gasteiger charge is -2.09. The predicted octanol–water partition coefficient (Wildman–Crippen LogP) is 2.74. The Balaban J connectivity index is 2.98. The van der Waals surface area contributed by atoms with E-state index in [4.69, 9.17) is 4.74 Å². The van der Waals surface area contributed by atoms with Crippen molar-refractivity contribution in [1.82, 2.24) is 0 Å². The first kappa shape index (κ1) is 15.5. The largest absolute Gasteiger partial charge is 0.465 e. The van der Waals surface area contributed by atoms with Gasteiger partial charge in [0.05, 0.1) is 11.5 Å². The van der Waals surface area contributed by atoms with Crippen LogP contribution in [0.4, 0.5) is 14.5 Å². The van der Waals surface area contributed by atoms with E-state index in [0.717, 1.165) is 6.07 Å². The Bertz CT molecular complexity index is 510. The van der Waals surface area contributed by atoms with Crippen LogP contribution in [0.25, 0.3) is 0 Å². The molecular formula is C11H10BrF2NO4. The van der Waals surface area contributed by atoms with E-state index in [2.05, 4.69) is 15.9 Å². The molecule has 0 aromatic heterocycles. The van der Waals surface area contributed by atoms with Gasteiger partial charge >= 0.3 is 11.7 Å². The maximum absolute atomic E-state index is 13.5. The molecule has 0 aliphatic carbocycles. The van der Waals surface area contributed by atoms with Crippen molar-refractivity contribution in [3.63, 3.8) is 0 Å². The van der Waals surface area contributed by atoms with Crippen LogP contribution in [0.1, 0.15) is 12.5 Å². The summed E-state index contributed by atoms with van der Waals surface area (Å²) in [4.78, 5) is 20.1. The molecule has 0 fully saturated rings. The fraction of sp³-hybridized carbons (Fsp3) is 0.364. The molecule has 8 heteroatoms. The molecule has 0 spiro atoms. The molecule has 0 saturated carbocycles. The summed E-state index contributed by atoms with van der Waals surface area (Å²) in [5.74, 6) is -2.82. The van der Waals surface area contributed by atoms with E-state index >= 15 is 0 Å². The number of halogens is 3. The van der Waals surface area contributed by atoms with Gasteiger partial charge in [0.2, 0.25) is 5.82 Å². The number of hydrogen-bond donors (Lipinski definition) is 0. The molecule has 1 aromatic carbocycles. The van der Waals surface area contributed by atoms with Crippen LogP contribution in [0.2, 0.25) is 0 Å². The van der Waals surface area contributed by atoms with Crippen molar-refractivity contribution < 1.29 is 23.2 Å². The van der Waals surface area contributed by atoms with E-state index in [9.17, 15) is 23.7 Å². The summed E-state index contributed by atoms with van der Waals surface area (Å²) in [5.41, 5.74) is -0.969. The van der Waals surface area contributed by atoms with Gasteiger partial charge in [-0.25, -0.2) is 4.39 Å². The second-order valence-electron chi connectivity index (χ2n) is 3.58. The number of nitro groups is 1. The fourth-order valence-electron chi connectivity index (χ4n) is 1.39. The standard InChI is InChI=1S/C11H10BrF2NO4/c1-2-19-11(16)7(12)3-6-4-10(15(17)18)9(14)5-8(6)13/h4-5,7H,2-3H2,1H3. The van der Waals surface area contributed by atoms with Crippen molar-refractivity contribution in [1.29, 1.82) is 0 Å². The monoisotopic (exact) mass is 337 g/mol. The molecule has 1 unspecified atom stereocenters. The van der Waals surface area contributed by atoms with E-state index in [1.807, 2.05) is 0 Å². The fourth-order valence-corrected chi connectivity index (χ4v) is 1.87. The van der Waals surface area contributed by atoms with Crippen LogP contribution in [-0.2, 0) is 16.0 Å². The number of carbonyl (C=O) groups excluding carboxylic acids is 1. The average Bonchev–Trinajstić information content (AvgIpc) is 2.32. The van der Waals surface area contributed by atoms with Gasteiger partial charge in [-0.3, -0.25) is 14.9 Å². The Morgan fingerprint density at radius 1 is 1.47 bits per heavy atom. The molecule has 1 atom stereocenters. The number of esters is 1. The third-order valence-electron chi connectivity index (χ3n) is 2.25. The zero-order valence-electron chi connectivity index (χ0n) is 9.86. The lowest BCUT2D eigenvalue weighted by Crippen LogP contribution is -2.20. The zero-order chi connectivity index (χ0) is 14.6. The SMILES string of the molecule is CCOC(=O)C(Br)Cc1cc([N+](=O)[O-])c(F)cc1F. The van der Waals surface area contributed by atoms with Crippen LogP contribution >= 0.6 is 15.9 Å². The van der Waals surface area contributed by atoms with Crippen LogP contribution in [-0.4, -0.2) is 22.3 Å². The van der Waals surface area contributed by atoms with Crippen molar-refractivity contribution in [2.75, 3.05) is 6.61 Å². The first-order chi connectivity index (χ1) is 8.86. The van der Waals surface area contributed by atoms with E-state index in [1.54, 1.807) is 6.92 Å². The maximum atomic E-state index is 13.5. The van der Waals surface area contributed by atoms with Crippen LogP contribution in [0.5, 0.6) is 0 Å². The molecule has 0 N–H and O–H groups in total. The maximum Gasteiger partial charge on any atom is 0.320 e. The summed E-state index contributed by atoms with van der Waals surface area (Å²) < 4.78 is 31.3. The van der Waals surface area contributed by atoms with Gasteiger partial charge in [-0.2, -0.15) is 4.39 Å². The van der Waals surface area contributed by atoms with Gasteiger partial charge < -0.3 is 4.74 Å². The van der Waals surface area contributed by atoms with Gasteiger partial charge in [-0.05, 0) is 18.9 Å². The molecule has 0 bridgehead atoms. The minimum Gasteiger partial charge on any atom is -0.465 e. The van der Waals surface area contributed by atoms with E-state index in [0.29, 0.717) is 6.07 Å². The van der Waals surface area contributed by atoms with Gasteiger partial charge in [-0.15, -0.1) is 0 Å². The molecule has 5 nitrogen and oxygen atoms in total. The highest BCUT2D eigenvalue weighted by atomic mass is 79.9. The quantitative estimate of drug-likeness (QED) is 0.358. The second kappa shape index (κ2) is 6.55. The van der Waals surface area contributed by atoms with Gasteiger partial charge in [0.15, 0.2) is 0 Å². The van der Waals surface area contributed by atoms with E-state index in [-0.39, 0.29) is 18.6 Å². The van der Waals surface area contributed by atoms with Crippen LogP contribution in [0.15, 0.2) is 12.1 Å². The normalized spacial score (nSPS) is 12.0. The molecular weight excluding hydrogens is 328 g/mol. The molecule has 1 rings (SSSR count). The third-order valence-corrected chi connectivity index (χ3v) is 2.95. The van der Waals surface area contributed by atoms with Crippen molar-refractivity contribution in [2.45, 2.75) is 18.2 Å². The molecule has 0 amide bonds. The highest BCUT2D eigenvalue weighted by Crippen LogP contribution is 2.24. The smallest absolute Gasteiger partial charge is 0.320 e. The van der Waals surface area contributed by atoms with Crippen molar-refractivity contribution in [2.24, 2.45) is 0 Å². The van der Waals surface area contributed by atoms with E-state index in [1.165, 1.54) is 0 Å². The molecule has 0 saturated heterocycles. The molecule has 0 aliphatic rings. The van der Waals surface area contributed by atoms with Gasteiger partial charge in [-0.1, -0.05) is 15.9 Å². The Kier molecular flexibility index (Phi) is 5.34. The predicted molar refractivity (Wildman–Crippen MR) is 66.1 cm³/mol. The van der Waals surface area contributed by atoms with Gasteiger partial charge in [0, 0.05) is 12.1 Å². The molecule has 19 heavy (non-hydrogen) atoms. The Hall–Kier alpha value is -1.57. The number of nitro benzene ring substituents is 1. The molecule has 0 aliphatic heterocycles. The van der Waals surface area contributed by atoms with E-state index < -0.39 is 33.0 Å². The number of ether oxygens (including phenoxy) is 1. The number of benzene rings is 1. The number of hydrogen-bond acceptors (Lipinski definition) is 4. The Morgan fingerprint density at radius 3 is 2.63 bits per heavy atom. The van der Waals surface area contributed by atoms with Crippen LogP contribution < -0.4 is 0 Å². The summed E-state index contributed by atoms with van der Waals surface area (Å²) >= 11 is 2.99. The molecule has 1 aromatic rings. The minimum absolute atomic E-state index is 0.136.